The minimum atomic E-state index is -1.03. The van der Waals surface area contributed by atoms with Gasteiger partial charge in [0.2, 0.25) is 5.43 Å². The van der Waals surface area contributed by atoms with E-state index in [2.05, 4.69) is 10.4 Å². The van der Waals surface area contributed by atoms with Crippen molar-refractivity contribution in [2.45, 2.75) is 38.3 Å². The van der Waals surface area contributed by atoms with Crippen LogP contribution in [-0.2, 0) is 12.1 Å². The van der Waals surface area contributed by atoms with Crippen LogP contribution in [0.3, 0.4) is 0 Å². The summed E-state index contributed by atoms with van der Waals surface area (Å²) in [6, 6.07) is 20.9. The molecule has 7 nitrogen and oxygen atoms in total. The lowest BCUT2D eigenvalue weighted by molar-refractivity contribution is 0.144. The molecule has 6 rings (SSSR count). The maximum Gasteiger partial charge on any atom is 0.405 e. The van der Waals surface area contributed by atoms with Gasteiger partial charge in [-0.15, -0.1) is 0 Å². The molecule has 0 spiro atoms. The Balaban J connectivity index is 1.57. The summed E-state index contributed by atoms with van der Waals surface area (Å²) in [6.07, 6.45) is 3.40. The Bertz CT molecular complexity index is 1660. The van der Waals surface area contributed by atoms with E-state index in [9.17, 15) is 14.7 Å². The van der Waals surface area contributed by atoms with Crippen LogP contribution in [-0.4, -0.2) is 21.0 Å². The maximum atomic E-state index is 14.0. The minimum absolute atomic E-state index is 0.127. The van der Waals surface area contributed by atoms with Gasteiger partial charge >= 0.3 is 6.09 Å². The van der Waals surface area contributed by atoms with Crippen molar-refractivity contribution in [1.82, 2.24) is 15.1 Å². The molecule has 1 aliphatic rings. The Kier molecular flexibility index (Phi) is 5.14. The predicted molar refractivity (Wildman–Crippen MR) is 139 cm³/mol. The second kappa shape index (κ2) is 8.37. The molecule has 0 bridgehead atoms. The molecular weight excluding hydrogens is 454 g/mol. The van der Waals surface area contributed by atoms with Crippen molar-refractivity contribution in [3.05, 3.63) is 88.7 Å². The molecule has 2 aromatic heterocycles. The normalized spacial score (nSPS) is 14.6. The smallest absolute Gasteiger partial charge is 0.405 e. The largest absolute Gasteiger partial charge is 0.465 e. The zero-order valence-corrected chi connectivity index (χ0v) is 19.8. The van der Waals surface area contributed by atoms with E-state index in [1.165, 1.54) is 0 Å². The zero-order chi connectivity index (χ0) is 24.9. The topological polar surface area (TPSA) is 97.4 Å². The van der Waals surface area contributed by atoms with Crippen LogP contribution >= 0.6 is 0 Å². The van der Waals surface area contributed by atoms with Crippen LogP contribution in [0.4, 0.5) is 4.79 Å². The number of rotatable bonds is 5. The van der Waals surface area contributed by atoms with Crippen molar-refractivity contribution in [3.8, 4) is 22.5 Å². The first-order valence-corrected chi connectivity index (χ1v) is 12.1. The van der Waals surface area contributed by atoms with E-state index >= 15 is 0 Å². The first-order chi connectivity index (χ1) is 17.5. The lowest BCUT2D eigenvalue weighted by Gasteiger charge is -2.42. The first kappa shape index (κ1) is 22.1. The van der Waals surface area contributed by atoms with Gasteiger partial charge in [-0.2, -0.15) is 5.10 Å². The third kappa shape index (κ3) is 3.47. The van der Waals surface area contributed by atoms with Crippen molar-refractivity contribution in [3.63, 3.8) is 0 Å². The number of fused-ring (bicyclic) bond motifs is 3. The highest BCUT2D eigenvalue weighted by molar-refractivity contribution is 6.03. The Morgan fingerprint density at radius 1 is 1.06 bits per heavy atom. The summed E-state index contributed by atoms with van der Waals surface area (Å²) in [6.45, 7) is 2.73. The number of amides is 1. The van der Waals surface area contributed by atoms with Gasteiger partial charge in [-0.1, -0.05) is 60.7 Å². The maximum absolute atomic E-state index is 14.0. The fraction of sp³-hybridized carbons (Fsp3) is 0.207. The highest BCUT2D eigenvalue weighted by atomic mass is 16.4. The number of carboxylic acid groups (broad SMARTS) is 1. The molecule has 1 fully saturated rings. The molecule has 180 valence electrons. The number of nitrogens with one attached hydrogen (secondary N) is 1. The summed E-state index contributed by atoms with van der Waals surface area (Å²) in [4.78, 5) is 25.3. The second-order valence-corrected chi connectivity index (χ2v) is 9.31. The number of nitrogens with zero attached hydrogens (tertiary/aromatic N) is 2. The third-order valence-electron chi connectivity index (χ3n) is 7.22. The van der Waals surface area contributed by atoms with Crippen molar-refractivity contribution < 1.29 is 14.3 Å². The standard InChI is InChI=1S/C29H25N3O4/c1-2-32-17-20-11-14-22-25(33)23(26(19-7-4-3-5-8-19)36-27(22)24(20)31-32)18-9-12-21(13-10-18)29(15-6-16-29)30-28(34)35/h3-5,7-14,17,30H,2,6,15-16H2,1H3,(H,34,35). The summed E-state index contributed by atoms with van der Waals surface area (Å²) >= 11 is 0. The molecule has 36 heavy (non-hydrogen) atoms. The molecule has 1 amide bonds. The van der Waals surface area contributed by atoms with Crippen LogP contribution in [0.15, 0.2) is 82.1 Å². The van der Waals surface area contributed by atoms with Crippen LogP contribution < -0.4 is 10.7 Å². The van der Waals surface area contributed by atoms with Gasteiger partial charge in [-0.05, 0) is 43.4 Å². The molecule has 1 aliphatic carbocycles. The van der Waals surface area contributed by atoms with Crippen LogP contribution in [0.25, 0.3) is 44.3 Å². The number of carbonyl (C=O) groups is 1. The summed E-state index contributed by atoms with van der Waals surface area (Å²) in [5, 5.41) is 18.1. The van der Waals surface area contributed by atoms with Gasteiger partial charge in [0.15, 0.2) is 5.58 Å². The molecule has 0 radical (unpaired) electrons. The monoisotopic (exact) mass is 479 g/mol. The van der Waals surface area contributed by atoms with Gasteiger partial charge in [-0.25, -0.2) is 4.79 Å². The van der Waals surface area contributed by atoms with Crippen molar-refractivity contribution in [2.24, 2.45) is 0 Å². The highest BCUT2D eigenvalue weighted by Gasteiger charge is 2.40. The molecule has 0 unspecified atom stereocenters. The Morgan fingerprint density at radius 2 is 1.81 bits per heavy atom. The summed E-state index contributed by atoms with van der Waals surface area (Å²) in [5.41, 5.74) is 3.34. The van der Waals surface area contributed by atoms with Crippen molar-refractivity contribution in [2.75, 3.05) is 0 Å². The number of hydrogen-bond acceptors (Lipinski definition) is 4. The molecule has 1 saturated carbocycles. The average Bonchev–Trinajstić information content (AvgIpc) is 3.31. The van der Waals surface area contributed by atoms with Gasteiger partial charge in [0, 0.05) is 23.7 Å². The lowest BCUT2D eigenvalue weighted by Crippen LogP contribution is -2.50. The van der Waals surface area contributed by atoms with E-state index in [4.69, 9.17) is 4.42 Å². The van der Waals surface area contributed by atoms with Gasteiger partial charge in [0.1, 0.15) is 11.3 Å². The zero-order valence-electron chi connectivity index (χ0n) is 19.8. The first-order valence-electron chi connectivity index (χ1n) is 12.1. The summed E-state index contributed by atoms with van der Waals surface area (Å²) < 4.78 is 8.34. The molecule has 0 saturated heterocycles. The number of aromatic nitrogens is 2. The van der Waals surface area contributed by atoms with E-state index < -0.39 is 11.6 Å². The second-order valence-electron chi connectivity index (χ2n) is 9.31. The average molecular weight is 480 g/mol. The fourth-order valence-corrected chi connectivity index (χ4v) is 5.18. The van der Waals surface area contributed by atoms with E-state index in [-0.39, 0.29) is 5.43 Å². The van der Waals surface area contributed by atoms with Gasteiger partial charge in [0.25, 0.3) is 0 Å². The van der Waals surface area contributed by atoms with Gasteiger partial charge in [0.05, 0.1) is 16.5 Å². The van der Waals surface area contributed by atoms with E-state index in [0.717, 1.165) is 41.3 Å². The van der Waals surface area contributed by atoms with Crippen LogP contribution in [0.1, 0.15) is 31.7 Å². The molecule has 3 aromatic carbocycles. The summed E-state index contributed by atoms with van der Waals surface area (Å²) in [5.74, 6) is 0.487. The van der Waals surface area contributed by atoms with E-state index in [1.807, 2.05) is 78.5 Å². The van der Waals surface area contributed by atoms with E-state index in [1.54, 1.807) is 6.07 Å². The molecule has 7 heteroatoms. The Hall–Kier alpha value is -4.39. The third-order valence-corrected chi connectivity index (χ3v) is 7.22. The van der Waals surface area contributed by atoms with Crippen molar-refractivity contribution in [1.29, 1.82) is 0 Å². The molecular formula is C29H25N3O4. The van der Waals surface area contributed by atoms with Crippen LogP contribution in [0.5, 0.6) is 0 Å². The van der Waals surface area contributed by atoms with Crippen molar-refractivity contribution >= 4 is 28.0 Å². The quantitative estimate of drug-likeness (QED) is 0.315. The van der Waals surface area contributed by atoms with E-state index in [0.29, 0.717) is 34.4 Å². The van der Waals surface area contributed by atoms with Crippen LogP contribution in [0, 0.1) is 0 Å². The number of hydrogen-bond donors (Lipinski definition) is 2. The van der Waals surface area contributed by atoms with Crippen LogP contribution in [0.2, 0.25) is 0 Å². The number of benzene rings is 3. The summed E-state index contributed by atoms with van der Waals surface area (Å²) in [7, 11) is 0. The predicted octanol–water partition coefficient (Wildman–Crippen LogP) is 6.14. The van der Waals surface area contributed by atoms with Gasteiger partial charge < -0.3 is 14.8 Å². The lowest BCUT2D eigenvalue weighted by atomic mass is 9.71. The fourth-order valence-electron chi connectivity index (χ4n) is 5.18. The molecule has 2 heterocycles. The molecule has 5 aromatic rings. The number of aryl methyl sites for hydroxylation is 1. The Morgan fingerprint density at radius 3 is 2.44 bits per heavy atom. The minimum Gasteiger partial charge on any atom is -0.465 e. The molecule has 0 atom stereocenters. The van der Waals surface area contributed by atoms with Gasteiger partial charge in [-0.3, -0.25) is 9.48 Å². The molecule has 0 aliphatic heterocycles. The SMILES string of the molecule is CCn1cc2ccc3c(=O)c(-c4ccc(C5(NC(=O)O)CCC5)cc4)c(-c4ccccc4)oc3c2n1. The highest BCUT2D eigenvalue weighted by Crippen LogP contribution is 2.42. The Labute approximate surface area is 207 Å². The molecule has 2 N–H and O–H groups in total.